The van der Waals surface area contributed by atoms with Crippen LogP contribution in [0.1, 0.15) is 43.8 Å². The van der Waals surface area contributed by atoms with Crippen molar-refractivity contribution in [2.75, 3.05) is 5.32 Å². The molecule has 0 fully saturated rings. The molecule has 0 radical (unpaired) electrons. The van der Waals surface area contributed by atoms with E-state index in [-0.39, 0.29) is 23.0 Å². The molecular weight excluding hydrogens is 492 g/mol. The van der Waals surface area contributed by atoms with Gasteiger partial charge in [-0.15, -0.1) is 0 Å². The van der Waals surface area contributed by atoms with Crippen molar-refractivity contribution in [1.82, 2.24) is 34.7 Å². The number of anilines is 1. The molecule has 0 aliphatic heterocycles. The average molecular weight is 515 g/mol. The zero-order valence-electron chi connectivity index (χ0n) is 18.6. The number of carbonyl (C=O) groups is 2. The highest BCUT2D eigenvalue weighted by Crippen LogP contribution is 2.22. The molecule has 2 amide bonds. The summed E-state index contributed by atoms with van der Waals surface area (Å²) in [6, 6.07) is 3.31. The molecule has 0 aliphatic carbocycles. The number of hydrogen-bond acceptors (Lipinski definition) is 6. The number of aromatic nitrogens is 6. The minimum absolute atomic E-state index is 0.121. The third-order valence-corrected chi connectivity index (χ3v) is 6.25. The van der Waals surface area contributed by atoms with Crippen LogP contribution in [0.5, 0.6) is 0 Å². The summed E-state index contributed by atoms with van der Waals surface area (Å²) in [5.74, 6) is -0.149. The van der Waals surface area contributed by atoms with Gasteiger partial charge >= 0.3 is 0 Å². The van der Waals surface area contributed by atoms with Gasteiger partial charge < -0.3 is 15.1 Å². The lowest BCUT2D eigenvalue weighted by Crippen LogP contribution is -2.26. The molecule has 0 saturated carbocycles. The predicted octanol–water partition coefficient (Wildman–Crippen LogP) is 2.55. The lowest BCUT2D eigenvalue weighted by molar-refractivity contribution is 0.0942. The predicted molar refractivity (Wildman–Crippen MR) is 123 cm³/mol. The Labute approximate surface area is 197 Å². The van der Waals surface area contributed by atoms with Crippen molar-refractivity contribution in [2.45, 2.75) is 26.9 Å². The van der Waals surface area contributed by atoms with Crippen molar-refractivity contribution >= 4 is 33.4 Å². The molecule has 172 valence electrons. The quantitative estimate of drug-likeness (QED) is 0.390. The maximum atomic E-state index is 12.8. The molecule has 0 unspecified atom stereocenters. The summed E-state index contributed by atoms with van der Waals surface area (Å²) in [6.45, 7) is 4.55. The third-order valence-electron chi connectivity index (χ3n) is 5.10. The fraction of sp³-hybridized carbons (Fsp3) is 0.286. The number of carbonyl (C=O) groups excluding carboxylic acids is 2. The molecule has 0 atom stereocenters. The van der Waals surface area contributed by atoms with Crippen molar-refractivity contribution in [3.8, 4) is 0 Å². The molecule has 0 spiro atoms. The first-order valence-electron chi connectivity index (χ1n) is 10.1. The van der Waals surface area contributed by atoms with E-state index in [1.54, 1.807) is 41.8 Å². The minimum atomic E-state index is -0.481. The number of rotatable bonds is 7. The van der Waals surface area contributed by atoms with E-state index in [1.807, 2.05) is 20.0 Å². The van der Waals surface area contributed by atoms with Crippen LogP contribution in [0.3, 0.4) is 0 Å². The smallest absolute Gasteiger partial charge is 0.291 e. The normalized spacial score (nSPS) is 11.1. The van der Waals surface area contributed by atoms with Crippen molar-refractivity contribution in [3.05, 3.63) is 69.4 Å². The molecule has 0 saturated heterocycles. The molecule has 4 aromatic rings. The van der Waals surface area contributed by atoms with Gasteiger partial charge in [0.05, 0.1) is 40.5 Å². The molecule has 4 heterocycles. The van der Waals surface area contributed by atoms with Crippen LogP contribution in [0.2, 0.25) is 0 Å². The average Bonchev–Trinajstić information content (AvgIpc) is 3.54. The van der Waals surface area contributed by atoms with E-state index in [4.69, 9.17) is 4.42 Å². The second-order valence-corrected chi connectivity index (χ2v) is 8.39. The van der Waals surface area contributed by atoms with Gasteiger partial charge in [-0.05, 0) is 41.9 Å². The van der Waals surface area contributed by atoms with Gasteiger partial charge in [0, 0.05) is 32.4 Å². The van der Waals surface area contributed by atoms with E-state index >= 15 is 0 Å². The molecule has 12 heteroatoms. The van der Waals surface area contributed by atoms with Gasteiger partial charge in [-0.3, -0.25) is 23.6 Å². The summed E-state index contributed by atoms with van der Waals surface area (Å²) >= 11 is 3.50. The summed E-state index contributed by atoms with van der Waals surface area (Å²) in [5.41, 5.74) is 3.21. The maximum Gasteiger partial charge on any atom is 0.291 e. The Hall–Kier alpha value is -3.67. The van der Waals surface area contributed by atoms with Crippen LogP contribution in [0, 0.1) is 13.8 Å². The zero-order valence-corrected chi connectivity index (χ0v) is 20.2. The Morgan fingerprint density at radius 3 is 2.58 bits per heavy atom. The zero-order chi connectivity index (χ0) is 23.7. The highest BCUT2D eigenvalue weighted by molar-refractivity contribution is 9.10. The summed E-state index contributed by atoms with van der Waals surface area (Å²) in [7, 11) is 3.43. The monoisotopic (exact) mass is 514 g/mol. The second kappa shape index (κ2) is 9.06. The van der Waals surface area contributed by atoms with Gasteiger partial charge in [0.2, 0.25) is 0 Å². The van der Waals surface area contributed by atoms with Crippen LogP contribution in [-0.2, 0) is 27.2 Å². The maximum absolute atomic E-state index is 12.8. The fourth-order valence-corrected chi connectivity index (χ4v) is 3.66. The van der Waals surface area contributed by atoms with Crippen molar-refractivity contribution < 1.29 is 14.0 Å². The Morgan fingerprint density at radius 2 is 1.91 bits per heavy atom. The van der Waals surface area contributed by atoms with Crippen molar-refractivity contribution in [1.29, 1.82) is 0 Å². The summed E-state index contributed by atoms with van der Waals surface area (Å²) in [6.07, 6.45) is 4.91. The first kappa shape index (κ1) is 22.5. The van der Waals surface area contributed by atoms with E-state index < -0.39 is 5.91 Å². The molecule has 33 heavy (non-hydrogen) atoms. The first-order valence-corrected chi connectivity index (χ1v) is 10.9. The number of amides is 2. The van der Waals surface area contributed by atoms with Crippen LogP contribution in [-0.4, -0.2) is 41.2 Å². The Bertz CT molecular complexity index is 1330. The summed E-state index contributed by atoms with van der Waals surface area (Å²) in [4.78, 5) is 25.5. The molecule has 0 bridgehead atoms. The van der Waals surface area contributed by atoms with Crippen LogP contribution in [0.4, 0.5) is 5.69 Å². The van der Waals surface area contributed by atoms with Crippen LogP contribution >= 0.6 is 15.9 Å². The fourth-order valence-electron chi connectivity index (χ4n) is 3.37. The molecule has 0 aliphatic rings. The van der Waals surface area contributed by atoms with Crippen LogP contribution in [0.15, 0.2) is 39.6 Å². The van der Waals surface area contributed by atoms with E-state index in [2.05, 4.69) is 41.9 Å². The van der Waals surface area contributed by atoms with Crippen LogP contribution in [0.25, 0.3) is 0 Å². The second-order valence-electron chi connectivity index (χ2n) is 7.60. The lowest BCUT2D eigenvalue weighted by atomic mass is 10.3. The Morgan fingerprint density at radius 1 is 1.12 bits per heavy atom. The highest BCUT2D eigenvalue weighted by atomic mass is 79.9. The Balaban J connectivity index is 1.44. The number of hydrogen-bond donors (Lipinski definition) is 2. The molecule has 11 nitrogen and oxygen atoms in total. The molecule has 0 aromatic carbocycles. The van der Waals surface area contributed by atoms with Gasteiger partial charge in [-0.1, -0.05) is 0 Å². The Kier molecular flexibility index (Phi) is 6.18. The highest BCUT2D eigenvalue weighted by Gasteiger charge is 2.21. The third kappa shape index (κ3) is 4.75. The van der Waals surface area contributed by atoms with Crippen LogP contribution < -0.4 is 10.6 Å². The standard InChI is InChI=1S/C21H23BrN8O3/c1-12-18(22)13(2)30(27-12)11-15-5-6-17(33-15)20(31)26-16-9-25-29(4)19(16)21(32)23-7-14-8-24-28(3)10-14/h5-6,8-10H,7,11H2,1-4H3,(H,23,32)(H,26,31). The topological polar surface area (TPSA) is 125 Å². The number of nitrogens with one attached hydrogen (secondary N) is 2. The minimum Gasteiger partial charge on any atom is -0.454 e. The summed E-state index contributed by atoms with van der Waals surface area (Å²) < 4.78 is 11.5. The number of furan rings is 1. The van der Waals surface area contributed by atoms with Gasteiger partial charge in [-0.25, -0.2) is 0 Å². The molecule has 4 aromatic heterocycles. The summed E-state index contributed by atoms with van der Waals surface area (Å²) in [5, 5.41) is 18.1. The van der Waals surface area contributed by atoms with Crippen molar-refractivity contribution in [3.63, 3.8) is 0 Å². The van der Waals surface area contributed by atoms with E-state index in [0.29, 0.717) is 18.8 Å². The van der Waals surface area contributed by atoms with E-state index in [9.17, 15) is 9.59 Å². The van der Waals surface area contributed by atoms with Gasteiger partial charge in [0.25, 0.3) is 11.8 Å². The number of nitrogens with zero attached hydrogens (tertiary/aromatic N) is 6. The number of halogens is 1. The largest absolute Gasteiger partial charge is 0.454 e. The molecule has 2 N–H and O–H groups in total. The van der Waals surface area contributed by atoms with E-state index in [0.717, 1.165) is 21.4 Å². The van der Waals surface area contributed by atoms with Crippen molar-refractivity contribution in [2.24, 2.45) is 14.1 Å². The lowest BCUT2D eigenvalue weighted by Gasteiger charge is -2.08. The molecular formula is C21H23BrN8O3. The van der Waals surface area contributed by atoms with Gasteiger partial charge in [0.15, 0.2) is 5.76 Å². The number of aryl methyl sites for hydroxylation is 3. The van der Waals surface area contributed by atoms with E-state index in [1.165, 1.54) is 10.9 Å². The molecule has 4 rings (SSSR count). The van der Waals surface area contributed by atoms with Gasteiger partial charge in [-0.2, -0.15) is 15.3 Å². The SMILES string of the molecule is Cc1nn(Cc2ccc(C(=O)Nc3cnn(C)c3C(=O)NCc3cnn(C)c3)o2)c(C)c1Br. The first-order chi connectivity index (χ1) is 15.7. The van der Waals surface area contributed by atoms with Gasteiger partial charge in [0.1, 0.15) is 11.5 Å².